The third kappa shape index (κ3) is 4.09. The molecule has 0 spiro atoms. The quantitative estimate of drug-likeness (QED) is 0.614. The van der Waals surface area contributed by atoms with Gasteiger partial charge in [0.2, 0.25) is 0 Å². The number of nitrogens with zero attached hydrogens (tertiary/aromatic N) is 2. The van der Waals surface area contributed by atoms with Crippen molar-refractivity contribution < 1.29 is 13.9 Å². The van der Waals surface area contributed by atoms with Gasteiger partial charge in [0.15, 0.2) is 0 Å². The highest BCUT2D eigenvalue weighted by Gasteiger charge is 2.29. The van der Waals surface area contributed by atoms with E-state index in [9.17, 15) is 9.18 Å². The predicted molar refractivity (Wildman–Crippen MR) is 125 cm³/mol. The lowest BCUT2D eigenvalue weighted by molar-refractivity contribution is 0.0283. The summed E-state index contributed by atoms with van der Waals surface area (Å²) in [7, 11) is 0. The van der Waals surface area contributed by atoms with Crippen LogP contribution in [-0.4, -0.2) is 49.6 Å². The largest absolute Gasteiger partial charge is 0.372 e. The topological polar surface area (TPSA) is 58.8 Å². The number of fused-ring (bicyclic) bond motifs is 2. The van der Waals surface area contributed by atoms with E-state index < -0.39 is 0 Å². The van der Waals surface area contributed by atoms with Gasteiger partial charge in [-0.05, 0) is 49.6 Å². The molecule has 1 saturated heterocycles. The lowest BCUT2D eigenvalue weighted by atomic mass is 10.0. The zero-order valence-corrected chi connectivity index (χ0v) is 19.1. The Labute approximate surface area is 189 Å². The number of ether oxygens (including phenoxy) is 1. The molecule has 2 aliphatic heterocycles. The fraction of sp³-hybridized carbons (Fsp3) is 0.435. The van der Waals surface area contributed by atoms with Crippen LogP contribution in [0.5, 0.6) is 0 Å². The van der Waals surface area contributed by atoms with Crippen LogP contribution in [0.1, 0.15) is 39.6 Å². The summed E-state index contributed by atoms with van der Waals surface area (Å²) in [4.78, 5) is 18.3. The van der Waals surface area contributed by atoms with Gasteiger partial charge in [0.05, 0.1) is 23.3 Å². The van der Waals surface area contributed by atoms with E-state index in [4.69, 9.17) is 10.5 Å². The van der Waals surface area contributed by atoms with Gasteiger partial charge < -0.3 is 15.4 Å². The number of primary amides is 1. The zero-order chi connectivity index (χ0) is 21.5. The number of piperazine rings is 1. The van der Waals surface area contributed by atoms with E-state index in [1.807, 2.05) is 12.1 Å². The van der Waals surface area contributed by atoms with E-state index in [2.05, 4.69) is 22.1 Å². The summed E-state index contributed by atoms with van der Waals surface area (Å²) >= 11 is 3.09. The average Bonchev–Trinajstić information content (AvgIpc) is 3.37. The van der Waals surface area contributed by atoms with Crippen molar-refractivity contribution in [3.05, 3.63) is 50.8 Å². The number of benzene rings is 1. The molecule has 8 heteroatoms. The Morgan fingerprint density at radius 3 is 3.00 bits per heavy atom. The molecule has 2 atom stereocenters. The fourth-order valence-electron chi connectivity index (χ4n) is 4.70. The summed E-state index contributed by atoms with van der Waals surface area (Å²) in [5, 5.41) is 3.29. The van der Waals surface area contributed by atoms with Crippen LogP contribution >= 0.6 is 22.7 Å². The number of carbonyl (C=O) groups excluding carboxylic acids is 1. The van der Waals surface area contributed by atoms with E-state index in [0.29, 0.717) is 17.5 Å². The molecule has 2 N–H and O–H groups in total. The molecule has 0 aliphatic carbocycles. The second kappa shape index (κ2) is 8.50. The standard InChI is InChI=1S/C23H26FN3O2S2/c1-14-12-27(18-13-30-20-11-16(24)2-3-17(18)20)8-7-26(14)6-4-19-22-15(5-9-29-19)10-21(31-22)23(25)28/h2-3,10-11,13-14,19H,4-9,12H2,1H3,(H2,25,28). The molecule has 0 radical (unpaired) electrons. The summed E-state index contributed by atoms with van der Waals surface area (Å²) < 4.78 is 20.6. The Bertz CT molecular complexity index is 1110. The molecule has 31 heavy (non-hydrogen) atoms. The van der Waals surface area contributed by atoms with Gasteiger partial charge in [0.1, 0.15) is 5.82 Å². The molecule has 2 aliphatic rings. The SMILES string of the molecule is CC1CN(c2csc3cc(F)ccc23)CCN1CCC1OCCc2cc(C(N)=O)sc21. The van der Waals surface area contributed by atoms with Crippen molar-refractivity contribution in [3.63, 3.8) is 0 Å². The highest BCUT2D eigenvalue weighted by atomic mass is 32.1. The number of anilines is 1. The van der Waals surface area contributed by atoms with Gasteiger partial charge in [-0.25, -0.2) is 4.39 Å². The second-order valence-electron chi connectivity index (χ2n) is 8.35. The van der Waals surface area contributed by atoms with E-state index in [-0.39, 0.29) is 17.8 Å². The molecule has 5 rings (SSSR count). The van der Waals surface area contributed by atoms with Crippen LogP contribution in [0, 0.1) is 5.82 Å². The molecular weight excluding hydrogens is 433 g/mol. The lowest BCUT2D eigenvalue weighted by Gasteiger charge is -2.41. The normalized spacial score (nSPS) is 22.1. The van der Waals surface area contributed by atoms with E-state index in [1.54, 1.807) is 23.5 Å². The number of hydrogen-bond donors (Lipinski definition) is 1. The first-order chi connectivity index (χ1) is 15.0. The van der Waals surface area contributed by atoms with Crippen LogP contribution in [-0.2, 0) is 11.2 Å². The Balaban J connectivity index is 1.23. The maximum absolute atomic E-state index is 13.5. The minimum absolute atomic E-state index is 0.0443. The van der Waals surface area contributed by atoms with Crippen LogP contribution < -0.4 is 10.6 Å². The minimum atomic E-state index is -0.355. The molecule has 2 unspecified atom stereocenters. The highest BCUT2D eigenvalue weighted by molar-refractivity contribution is 7.17. The van der Waals surface area contributed by atoms with E-state index in [1.165, 1.54) is 27.5 Å². The molecule has 5 nitrogen and oxygen atoms in total. The molecule has 1 amide bonds. The molecule has 1 aromatic carbocycles. The Morgan fingerprint density at radius 2 is 2.19 bits per heavy atom. The maximum atomic E-state index is 13.5. The molecule has 1 fully saturated rings. The molecule has 164 valence electrons. The maximum Gasteiger partial charge on any atom is 0.258 e. The highest BCUT2D eigenvalue weighted by Crippen LogP contribution is 2.37. The van der Waals surface area contributed by atoms with Gasteiger partial charge in [-0.2, -0.15) is 0 Å². The Hall–Kier alpha value is -2.00. The second-order valence-corrected chi connectivity index (χ2v) is 10.3. The average molecular weight is 460 g/mol. The summed E-state index contributed by atoms with van der Waals surface area (Å²) in [5.74, 6) is -0.535. The van der Waals surface area contributed by atoms with Crippen molar-refractivity contribution in [2.75, 3.05) is 37.7 Å². The number of rotatable bonds is 5. The van der Waals surface area contributed by atoms with Crippen molar-refractivity contribution in [2.45, 2.75) is 31.9 Å². The van der Waals surface area contributed by atoms with Gasteiger partial charge in [0, 0.05) is 52.6 Å². The zero-order valence-electron chi connectivity index (χ0n) is 17.5. The van der Waals surface area contributed by atoms with Crippen LogP contribution in [0.3, 0.4) is 0 Å². The number of amides is 1. The van der Waals surface area contributed by atoms with E-state index in [0.717, 1.165) is 49.1 Å². The summed E-state index contributed by atoms with van der Waals surface area (Å²) in [6.45, 7) is 6.81. The summed E-state index contributed by atoms with van der Waals surface area (Å²) in [6, 6.07) is 7.42. The van der Waals surface area contributed by atoms with Gasteiger partial charge in [-0.1, -0.05) is 0 Å². The fourth-order valence-corrected chi connectivity index (χ4v) is 6.84. The number of hydrogen-bond acceptors (Lipinski definition) is 6. The first-order valence-electron chi connectivity index (χ1n) is 10.7. The first-order valence-corrected chi connectivity index (χ1v) is 12.4. The molecule has 3 aromatic rings. The van der Waals surface area contributed by atoms with E-state index >= 15 is 0 Å². The van der Waals surface area contributed by atoms with Gasteiger partial charge in [-0.15, -0.1) is 22.7 Å². The van der Waals surface area contributed by atoms with Crippen molar-refractivity contribution >= 4 is 44.4 Å². The van der Waals surface area contributed by atoms with Gasteiger partial charge >= 0.3 is 0 Å². The van der Waals surface area contributed by atoms with Crippen LogP contribution in [0.4, 0.5) is 10.1 Å². The summed E-state index contributed by atoms with van der Waals surface area (Å²) in [5.41, 5.74) is 7.90. The van der Waals surface area contributed by atoms with Crippen LogP contribution in [0.15, 0.2) is 29.6 Å². The molecule has 0 bridgehead atoms. The number of halogens is 1. The number of nitrogens with two attached hydrogens (primary N) is 1. The van der Waals surface area contributed by atoms with Crippen molar-refractivity contribution in [2.24, 2.45) is 5.73 Å². The first kappa shape index (κ1) is 20.9. The molecular formula is C23H26FN3O2S2. The Morgan fingerprint density at radius 1 is 1.32 bits per heavy atom. The lowest BCUT2D eigenvalue weighted by Crippen LogP contribution is -2.52. The van der Waals surface area contributed by atoms with Crippen LogP contribution in [0.25, 0.3) is 10.1 Å². The molecule has 0 saturated carbocycles. The van der Waals surface area contributed by atoms with Crippen LogP contribution in [0.2, 0.25) is 0 Å². The van der Waals surface area contributed by atoms with Crippen molar-refractivity contribution in [3.8, 4) is 0 Å². The number of thiophene rings is 2. The Kier molecular flexibility index (Phi) is 5.73. The van der Waals surface area contributed by atoms with Crippen molar-refractivity contribution in [1.82, 2.24) is 4.90 Å². The molecule has 4 heterocycles. The van der Waals surface area contributed by atoms with Crippen molar-refractivity contribution in [1.29, 1.82) is 0 Å². The third-order valence-electron chi connectivity index (χ3n) is 6.37. The number of carbonyl (C=O) groups is 1. The smallest absolute Gasteiger partial charge is 0.258 e. The van der Waals surface area contributed by atoms with Gasteiger partial charge in [-0.3, -0.25) is 9.69 Å². The predicted octanol–water partition coefficient (Wildman–Crippen LogP) is 4.42. The monoisotopic (exact) mass is 459 g/mol. The minimum Gasteiger partial charge on any atom is -0.372 e. The van der Waals surface area contributed by atoms with Gasteiger partial charge in [0.25, 0.3) is 5.91 Å². The molecule has 2 aromatic heterocycles. The summed E-state index contributed by atoms with van der Waals surface area (Å²) in [6.07, 6.45) is 1.81. The third-order valence-corrected chi connectivity index (χ3v) is 8.59.